The predicted molar refractivity (Wildman–Crippen MR) is 108 cm³/mol. The van der Waals surface area contributed by atoms with Crippen LogP contribution in [-0.4, -0.2) is 53.1 Å². The number of benzene rings is 2. The van der Waals surface area contributed by atoms with E-state index in [1.165, 1.54) is 11.1 Å². The zero-order chi connectivity index (χ0) is 19.3. The highest BCUT2D eigenvalue weighted by atomic mass is 16.3. The number of carbonyl (C=O) groups is 1. The van der Waals surface area contributed by atoms with Gasteiger partial charge in [-0.1, -0.05) is 74.5 Å². The van der Waals surface area contributed by atoms with Gasteiger partial charge in [-0.2, -0.15) is 0 Å². The second-order valence-electron chi connectivity index (χ2n) is 8.14. The summed E-state index contributed by atoms with van der Waals surface area (Å²) in [5.41, 5.74) is 2.17. The molecular formula is C23H30N2O2. The van der Waals surface area contributed by atoms with Gasteiger partial charge >= 0.3 is 0 Å². The Hall–Kier alpha value is -2.17. The first-order valence-corrected chi connectivity index (χ1v) is 9.72. The minimum Gasteiger partial charge on any atom is -0.390 e. The van der Waals surface area contributed by atoms with E-state index in [-0.39, 0.29) is 11.3 Å². The van der Waals surface area contributed by atoms with Crippen LogP contribution in [-0.2, 0) is 16.8 Å². The van der Waals surface area contributed by atoms with Crippen molar-refractivity contribution in [1.82, 2.24) is 9.80 Å². The van der Waals surface area contributed by atoms with Crippen LogP contribution in [0.3, 0.4) is 0 Å². The van der Waals surface area contributed by atoms with Gasteiger partial charge in [0.15, 0.2) is 0 Å². The first-order valence-electron chi connectivity index (χ1n) is 9.72. The third-order valence-corrected chi connectivity index (χ3v) is 5.34. The molecule has 2 aromatic carbocycles. The lowest BCUT2D eigenvalue weighted by atomic mass is 9.81. The summed E-state index contributed by atoms with van der Waals surface area (Å²) in [6.07, 6.45) is -0.0670. The Labute approximate surface area is 162 Å². The molecule has 0 spiro atoms. The molecule has 1 N–H and O–H groups in total. The van der Waals surface area contributed by atoms with Gasteiger partial charge in [0, 0.05) is 39.1 Å². The van der Waals surface area contributed by atoms with Gasteiger partial charge in [-0.15, -0.1) is 0 Å². The van der Waals surface area contributed by atoms with E-state index in [0.717, 1.165) is 13.1 Å². The first-order chi connectivity index (χ1) is 12.9. The summed E-state index contributed by atoms with van der Waals surface area (Å²) in [6.45, 7) is 7.47. The molecule has 4 heteroatoms. The summed E-state index contributed by atoms with van der Waals surface area (Å²) < 4.78 is 0. The SMILES string of the molecule is CC(C)(CC(=O)N1CCN(Cc2ccccc2)C[C@H](O)C1)c1ccccc1. The third kappa shape index (κ3) is 5.41. The van der Waals surface area contributed by atoms with Gasteiger partial charge in [-0.05, 0) is 16.5 Å². The predicted octanol–water partition coefficient (Wildman–Crippen LogP) is 3.06. The Balaban J connectivity index is 1.61. The van der Waals surface area contributed by atoms with Crippen molar-refractivity contribution in [2.24, 2.45) is 0 Å². The highest BCUT2D eigenvalue weighted by molar-refractivity contribution is 5.77. The van der Waals surface area contributed by atoms with Gasteiger partial charge in [0.1, 0.15) is 0 Å². The maximum Gasteiger partial charge on any atom is 0.223 e. The van der Waals surface area contributed by atoms with Crippen LogP contribution in [0.5, 0.6) is 0 Å². The zero-order valence-electron chi connectivity index (χ0n) is 16.3. The van der Waals surface area contributed by atoms with E-state index in [1.807, 2.05) is 41.3 Å². The molecule has 3 rings (SSSR count). The maximum atomic E-state index is 12.9. The van der Waals surface area contributed by atoms with E-state index in [4.69, 9.17) is 0 Å². The first kappa shape index (κ1) is 19.6. The quantitative estimate of drug-likeness (QED) is 0.884. The topological polar surface area (TPSA) is 43.8 Å². The fourth-order valence-electron chi connectivity index (χ4n) is 3.75. The zero-order valence-corrected chi connectivity index (χ0v) is 16.3. The molecule has 1 aliphatic rings. The summed E-state index contributed by atoms with van der Waals surface area (Å²) in [4.78, 5) is 17.0. The number of amides is 1. The van der Waals surface area contributed by atoms with Crippen LogP contribution in [0.1, 0.15) is 31.4 Å². The summed E-state index contributed by atoms with van der Waals surface area (Å²) >= 11 is 0. The molecule has 0 saturated carbocycles. The fraction of sp³-hybridized carbons (Fsp3) is 0.435. The average molecular weight is 367 g/mol. The van der Waals surface area contributed by atoms with Crippen molar-refractivity contribution in [3.63, 3.8) is 0 Å². The van der Waals surface area contributed by atoms with Crippen molar-refractivity contribution in [3.05, 3.63) is 71.8 Å². The van der Waals surface area contributed by atoms with Gasteiger partial charge in [0.05, 0.1) is 6.10 Å². The lowest BCUT2D eigenvalue weighted by Gasteiger charge is -2.29. The Kier molecular flexibility index (Phi) is 6.30. The van der Waals surface area contributed by atoms with Crippen molar-refractivity contribution in [1.29, 1.82) is 0 Å². The number of carbonyl (C=O) groups excluding carboxylic acids is 1. The van der Waals surface area contributed by atoms with Crippen LogP contribution in [0, 0.1) is 0 Å². The molecule has 1 atom stereocenters. The average Bonchev–Trinajstić information content (AvgIpc) is 2.84. The van der Waals surface area contributed by atoms with Crippen LogP contribution in [0.25, 0.3) is 0 Å². The number of aliphatic hydroxyl groups is 1. The second kappa shape index (κ2) is 8.68. The van der Waals surface area contributed by atoms with Crippen LogP contribution < -0.4 is 0 Å². The molecule has 1 saturated heterocycles. The minimum atomic E-state index is -0.514. The van der Waals surface area contributed by atoms with E-state index in [2.05, 4.69) is 43.0 Å². The lowest BCUT2D eigenvalue weighted by Crippen LogP contribution is -2.40. The molecule has 1 aliphatic heterocycles. The molecule has 27 heavy (non-hydrogen) atoms. The Morgan fingerprint density at radius 1 is 1.00 bits per heavy atom. The van der Waals surface area contributed by atoms with Gasteiger partial charge in [-0.25, -0.2) is 0 Å². The normalized spacial score (nSPS) is 18.9. The van der Waals surface area contributed by atoms with Crippen LogP contribution in [0.4, 0.5) is 0 Å². The number of aliphatic hydroxyl groups excluding tert-OH is 1. The lowest BCUT2D eigenvalue weighted by molar-refractivity contribution is -0.133. The van der Waals surface area contributed by atoms with Crippen molar-refractivity contribution < 1.29 is 9.90 Å². The van der Waals surface area contributed by atoms with Crippen molar-refractivity contribution >= 4 is 5.91 Å². The summed E-state index contributed by atoms with van der Waals surface area (Å²) in [7, 11) is 0. The maximum absolute atomic E-state index is 12.9. The van der Waals surface area contributed by atoms with E-state index >= 15 is 0 Å². The highest BCUT2D eigenvalue weighted by Crippen LogP contribution is 2.27. The molecule has 0 radical (unpaired) electrons. The Morgan fingerprint density at radius 3 is 2.30 bits per heavy atom. The monoisotopic (exact) mass is 366 g/mol. The summed E-state index contributed by atoms with van der Waals surface area (Å²) in [6, 6.07) is 20.4. The molecule has 0 bridgehead atoms. The van der Waals surface area contributed by atoms with Gasteiger partial charge in [0.25, 0.3) is 0 Å². The second-order valence-corrected chi connectivity index (χ2v) is 8.14. The molecule has 144 valence electrons. The van der Waals surface area contributed by atoms with E-state index < -0.39 is 6.10 Å². The number of nitrogens with zero attached hydrogens (tertiary/aromatic N) is 2. The molecule has 0 unspecified atom stereocenters. The van der Waals surface area contributed by atoms with E-state index in [0.29, 0.717) is 26.1 Å². The minimum absolute atomic E-state index is 0.115. The Bertz CT molecular complexity index is 731. The van der Waals surface area contributed by atoms with E-state index in [1.54, 1.807) is 0 Å². The molecular weight excluding hydrogens is 336 g/mol. The smallest absolute Gasteiger partial charge is 0.223 e. The standard InChI is InChI=1S/C23H30N2O2/c1-23(2,20-11-7-4-8-12-20)15-22(27)25-14-13-24(17-21(26)18-25)16-19-9-5-3-6-10-19/h3-12,21,26H,13-18H2,1-2H3/t21-/m0/s1. The van der Waals surface area contributed by atoms with Crippen LogP contribution >= 0.6 is 0 Å². The van der Waals surface area contributed by atoms with Crippen LogP contribution in [0.15, 0.2) is 60.7 Å². The van der Waals surface area contributed by atoms with Crippen LogP contribution in [0.2, 0.25) is 0 Å². The number of rotatable bonds is 5. The number of β-amino-alcohol motifs (C(OH)–C–C–N with tert-alkyl or cyclic N) is 1. The van der Waals surface area contributed by atoms with Crippen molar-refractivity contribution in [2.45, 2.75) is 38.3 Å². The van der Waals surface area contributed by atoms with Gasteiger partial charge < -0.3 is 10.0 Å². The van der Waals surface area contributed by atoms with Crippen molar-refractivity contribution in [3.8, 4) is 0 Å². The van der Waals surface area contributed by atoms with Gasteiger partial charge in [0.2, 0.25) is 5.91 Å². The Morgan fingerprint density at radius 2 is 1.63 bits per heavy atom. The summed E-state index contributed by atoms with van der Waals surface area (Å²) in [5.74, 6) is 0.115. The molecule has 1 fully saturated rings. The molecule has 1 heterocycles. The number of hydrogen-bond acceptors (Lipinski definition) is 3. The van der Waals surface area contributed by atoms with Crippen molar-refractivity contribution in [2.75, 3.05) is 26.2 Å². The fourth-order valence-corrected chi connectivity index (χ4v) is 3.75. The molecule has 1 amide bonds. The molecule has 2 aromatic rings. The van der Waals surface area contributed by atoms with Gasteiger partial charge in [-0.3, -0.25) is 9.69 Å². The summed E-state index contributed by atoms with van der Waals surface area (Å²) in [5, 5.41) is 10.4. The molecule has 0 aromatic heterocycles. The third-order valence-electron chi connectivity index (χ3n) is 5.34. The van der Waals surface area contributed by atoms with E-state index in [9.17, 15) is 9.90 Å². The number of hydrogen-bond donors (Lipinski definition) is 1. The largest absolute Gasteiger partial charge is 0.390 e. The highest BCUT2D eigenvalue weighted by Gasteiger charge is 2.30. The molecule has 4 nitrogen and oxygen atoms in total. The molecule has 0 aliphatic carbocycles.